The molecular weight excluding hydrogens is 583 g/mol. The number of esters is 1. The Hall–Kier alpha value is -2.92. The van der Waals surface area contributed by atoms with Crippen molar-refractivity contribution in [2.75, 3.05) is 33.4 Å². The molecule has 2 aromatic rings. The molecule has 1 amide bonds. The predicted octanol–water partition coefficient (Wildman–Crippen LogP) is 5.09. The maximum atomic E-state index is 13.8. The minimum Gasteiger partial charge on any atom is -0.496 e. The molecule has 5 atom stereocenters. The van der Waals surface area contributed by atoms with E-state index in [1.54, 1.807) is 13.2 Å². The molecule has 7 rings (SSSR count). The molecule has 46 heavy (non-hydrogen) atoms. The number of hydrogen-bond donors (Lipinski definition) is 1. The summed E-state index contributed by atoms with van der Waals surface area (Å²) in [6.07, 6.45) is 2.38. The van der Waals surface area contributed by atoms with E-state index in [1.807, 2.05) is 57.2 Å². The van der Waals surface area contributed by atoms with Gasteiger partial charge in [0.05, 0.1) is 38.0 Å². The molecule has 5 fully saturated rings. The van der Waals surface area contributed by atoms with Crippen molar-refractivity contribution >= 4 is 19.0 Å². The summed E-state index contributed by atoms with van der Waals surface area (Å²) in [6, 6.07) is 13.2. The Balaban J connectivity index is 1.25. The van der Waals surface area contributed by atoms with E-state index in [1.165, 1.54) is 0 Å². The Morgan fingerprint density at radius 3 is 2.43 bits per heavy atom. The van der Waals surface area contributed by atoms with Crippen molar-refractivity contribution in [2.24, 2.45) is 17.3 Å². The van der Waals surface area contributed by atoms with Crippen LogP contribution in [-0.4, -0.2) is 80.6 Å². The van der Waals surface area contributed by atoms with E-state index in [9.17, 15) is 9.59 Å². The Morgan fingerprint density at radius 1 is 1.07 bits per heavy atom. The molecule has 2 aromatic carbocycles. The largest absolute Gasteiger partial charge is 0.496 e. The fourth-order valence-electron chi connectivity index (χ4n) is 8.03. The molecule has 5 unspecified atom stereocenters. The summed E-state index contributed by atoms with van der Waals surface area (Å²) in [5, 5.41) is 3.25. The van der Waals surface area contributed by atoms with Gasteiger partial charge in [-0.15, -0.1) is 0 Å². The second kappa shape index (κ2) is 12.6. The summed E-state index contributed by atoms with van der Waals surface area (Å²) >= 11 is 0. The Bertz CT molecular complexity index is 1430. The van der Waals surface area contributed by atoms with E-state index in [0.29, 0.717) is 35.1 Å². The topological polar surface area (TPSA) is 95.6 Å². The minimum absolute atomic E-state index is 0.0388. The molecule has 2 saturated heterocycles. The lowest BCUT2D eigenvalue weighted by Gasteiger charge is -2.64. The second-order valence-electron chi connectivity index (χ2n) is 15.2. The highest BCUT2D eigenvalue weighted by Crippen LogP contribution is 2.65. The number of methoxy groups -OCH3 is 1. The SMILES string of the molecule is COc1c(CC(NC(=O)c2ccc(CN3CCOCC3)cc2)B2OC3CC4CC(C4(C)C)C3(C)O2)cccc1C(=O)OC(C)(C)C. The fourth-order valence-corrected chi connectivity index (χ4v) is 8.03. The van der Waals surface area contributed by atoms with Gasteiger partial charge in [0.2, 0.25) is 0 Å². The third-order valence-corrected chi connectivity index (χ3v) is 10.7. The minimum atomic E-state index is -0.662. The molecule has 248 valence electrons. The normalized spacial score (nSPS) is 27.7. The van der Waals surface area contributed by atoms with E-state index >= 15 is 0 Å². The first-order chi connectivity index (χ1) is 21.8. The Kier molecular flexibility index (Phi) is 9.04. The van der Waals surface area contributed by atoms with Gasteiger partial charge >= 0.3 is 13.1 Å². The van der Waals surface area contributed by atoms with Crippen LogP contribution in [0.1, 0.15) is 86.2 Å². The molecule has 2 bridgehead atoms. The quantitative estimate of drug-likeness (QED) is 0.302. The summed E-state index contributed by atoms with van der Waals surface area (Å²) in [4.78, 5) is 29.3. The van der Waals surface area contributed by atoms with Crippen LogP contribution in [0.4, 0.5) is 0 Å². The third kappa shape index (κ3) is 6.46. The van der Waals surface area contributed by atoms with Crippen LogP contribution in [0.25, 0.3) is 0 Å². The first-order valence-electron chi connectivity index (χ1n) is 16.7. The van der Waals surface area contributed by atoms with Gasteiger partial charge < -0.3 is 28.8 Å². The average molecular weight is 633 g/mol. The van der Waals surface area contributed by atoms with Gasteiger partial charge in [-0.2, -0.15) is 0 Å². The molecule has 0 radical (unpaired) electrons. The molecule has 0 aromatic heterocycles. The number of ether oxygens (including phenoxy) is 3. The van der Waals surface area contributed by atoms with E-state index < -0.39 is 30.2 Å². The van der Waals surface area contributed by atoms with Gasteiger partial charge in [0, 0.05) is 25.2 Å². The summed E-state index contributed by atoms with van der Waals surface area (Å²) in [6.45, 7) is 16.5. The molecule has 9 nitrogen and oxygen atoms in total. The molecule has 2 heterocycles. The zero-order valence-electron chi connectivity index (χ0n) is 28.4. The lowest BCUT2D eigenvalue weighted by Crippen LogP contribution is -2.65. The van der Waals surface area contributed by atoms with E-state index in [2.05, 4.69) is 31.0 Å². The van der Waals surface area contributed by atoms with Gasteiger partial charge in [-0.05, 0) is 93.5 Å². The van der Waals surface area contributed by atoms with E-state index in [0.717, 1.165) is 56.8 Å². The highest BCUT2D eigenvalue weighted by molar-refractivity contribution is 6.48. The monoisotopic (exact) mass is 632 g/mol. The highest BCUT2D eigenvalue weighted by atomic mass is 16.7. The van der Waals surface area contributed by atoms with E-state index in [4.69, 9.17) is 23.5 Å². The smallest absolute Gasteiger partial charge is 0.482 e. The number of hydrogen-bond acceptors (Lipinski definition) is 8. The van der Waals surface area contributed by atoms with Crippen LogP contribution in [0.2, 0.25) is 0 Å². The molecule has 3 aliphatic carbocycles. The zero-order chi connectivity index (χ0) is 32.9. The molecular formula is C36H49BN2O7. The molecule has 1 N–H and O–H groups in total. The number of carbonyl (C=O) groups is 2. The van der Waals surface area contributed by atoms with Crippen LogP contribution in [0.15, 0.2) is 42.5 Å². The first-order valence-corrected chi connectivity index (χ1v) is 16.7. The van der Waals surface area contributed by atoms with Crippen molar-refractivity contribution < 1.29 is 33.1 Å². The number of para-hydroxylation sites is 1. The van der Waals surface area contributed by atoms with Gasteiger partial charge in [0.1, 0.15) is 16.9 Å². The molecule has 3 saturated carbocycles. The van der Waals surface area contributed by atoms with Gasteiger partial charge in [-0.25, -0.2) is 4.79 Å². The van der Waals surface area contributed by atoms with Gasteiger partial charge in [0.15, 0.2) is 0 Å². The zero-order valence-corrected chi connectivity index (χ0v) is 28.4. The summed E-state index contributed by atoms with van der Waals surface area (Å²) < 4.78 is 30.5. The first kappa shape index (κ1) is 33.0. The van der Waals surface area contributed by atoms with Crippen molar-refractivity contribution in [2.45, 2.75) is 90.6 Å². The highest BCUT2D eigenvalue weighted by Gasteiger charge is 2.68. The number of amides is 1. The predicted molar refractivity (Wildman–Crippen MR) is 176 cm³/mol. The van der Waals surface area contributed by atoms with Crippen molar-refractivity contribution in [3.8, 4) is 5.75 Å². The number of nitrogens with zero attached hydrogens (tertiary/aromatic N) is 1. The van der Waals surface area contributed by atoms with Crippen LogP contribution in [0.5, 0.6) is 5.75 Å². The molecule has 2 aliphatic heterocycles. The Morgan fingerprint density at radius 2 is 1.78 bits per heavy atom. The van der Waals surface area contributed by atoms with Crippen molar-refractivity contribution in [3.05, 3.63) is 64.7 Å². The van der Waals surface area contributed by atoms with Crippen LogP contribution in [-0.2, 0) is 31.7 Å². The van der Waals surface area contributed by atoms with E-state index in [-0.39, 0.29) is 17.4 Å². The van der Waals surface area contributed by atoms with Crippen molar-refractivity contribution in [1.82, 2.24) is 10.2 Å². The lowest BCUT2D eigenvalue weighted by molar-refractivity contribution is -0.199. The summed E-state index contributed by atoms with van der Waals surface area (Å²) in [5.41, 5.74) is 1.92. The number of rotatable bonds is 9. The van der Waals surface area contributed by atoms with Gasteiger partial charge in [-0.3, -0.25) is 9.69 Å². The van der Waals surface area contributed by atoms with Crippen LogP contribution in [0.3, 0.4) is 0 Å². The van der Waals surface area contributed by atoms with Crippen LogP contribution in [0, 0.1) is 17.3 Å². The molecule has 0 spiro atoms. The standard InChI is InChI=1S/C36H49BN2O7/c1-34(2,3)44-33(41)27-10-8-9-25(31(27)42-7)19-30(37-45-29-21-26-20-28(35(26,4)5)36(29,6)46-37)38-32(40)24-13-11-23(12-14-24)22-39-15-17-43-18-16-39/h8-14,26,28-30H,15-22H2,1-7H3,(H,38,40). The number of carbonyl (C=O) groups excluding carboxylic acids is 2. The number of morpholine rings is 1. The third-order valence-electron chi connectivity index (χ3n) is 10.7. The van der Waals surface area contributed by atoms with Crippen LogP contribution < -0.4 is 10.1 Å². The fraction of sp³-hybridized carbons (Fsp3) is 0.611. The average Bonchev–Trinajstić information content (AvgIpc) is 3.38. The van der Waals surface area contributed by atoms with Crippen LogP contribution >= 0.6 is 0 Å². The second-order valence-corrected chi connectivity index (χ2v) is 15.2. The van der Waals surface area contributed by atoms with Gasteiger partial charge in [0.25, 0.3) is 5.91 Å². The van der Waals surface area contributed by atoms with Crippen molar-refractivity contribution in [3.63, 3.8) is 0 Å². The summed E-state index contributed by atoms with van der Waals surface area (Å²) in [5.74, 6) is 0.209. The van der Waals surface area contributed by atoms with Crippen molar-refractivity contribution in [1.29, 1.82) is 0 Å². The number of benzene rings is 2. The number of nitrogens with one attached hydrogen (secondary N) is 1. The lowest BCUT2D eigenvalue weighted by atomic mass is 9.43. The summed E-state index contributed by atoms with van der Waals surface area (Å²) in [7, 11) is 0.885. The molecule has 10 heteroatoms. The maximum absolute atomic E-state index is 13.8. The van der Waals surface area contributed by atoms with Gasteiger partial charge in [-0.1, -0.05) is 38.1 Å². The molecule has 5 aliphatic rings. The maximum Gasteiger partial charge on any atom is 0.482 e. The Labute approximate surface area is 273 Å².